The fourth-order valence-corrected chi connectivity index (χ4v) is 5.21. The maximum absolute atomic E-state index is 12.2. The molecule has 1 aliphatic heterocycles. The van der Waals surface area contributed by atoms with E-state index in [0.29, 0.717) is 22.2 Å². The summed E-state index contributed by atoms with van der Waals surface area (Å²) in [6.07, 6.45) is 5.26. The minimum absolute atomic E-state index is 0. The second-order valence-electron chi connectivity index (χ2n) is 7.76. The summed E-state index contributed by atoms with van der Waals surface area (Å²) >= 11 is 8.00. The second kappa shape index (κ2) is 12.0. The van der Waals surface area contributed by atoms with Crippen LogP contribution in [0.2, 0.25) is 5.02 Å². The van der Waals surface area contributed by atoms with Crippen molar-refractivity contribution < 1.29 is 4.79 Å². The molecule has 0 atom stereocenters. The van der Waals surface area contributed by atoms with Crippen molar-refractivity contribution >= 4 is 69.7 Å². The lowest BCUT2D eigenvalue weighted by Crippen LogP contribution is -2.30. The number of thiophene rings is 1. The molecule has 0 spiro atoms. The Hall–Kier alpha value is -1.64. The van der Waals surface area contributed by atoms with Crippen molar-refractivity contribution in [3.8, 4) is 10.6 Å². The summed E-state index contributed by atoms with van der Waals surface area (Å²) in [7, 11) is 3.82. The number of nitrogens with one attached hydrogen (secondary N) is 2. The molecule has 1 aromatic carbocycles. The van der Waals surface area contributed by atoms with E-state index < -0.39 is 0 Å². The zero-order valence-electron chi connectivity index (χ0n) is 18.1. The Morgan fingerprint density at radius 2 is 2.03 bits per heavy atom. The number of benzene rings is 1. The molecule has 0 radical (unpaired) electrons. The largest absolute Gasteiger partial charge is 0.355 e. The monoisotopic (exact) mass is 515 g/mol. The molecule has 0 bridgehead atoms. The summed E-state index contributed by atoms with van der Waals surface area (Å²) in [5.41, 5.74) is 1.34. The Bertz CT molecular complexity index is 1050. The average molecular weight is 517 g/mol. The lowest BCUT2D eigenvalue weighted by Gasteiger charge is -2.28. The molecule has 3 heterocycles. The summed E-state index contributed by atoms with van der Waals surface area (Å²) in [6, 6.07) is 7.72. The first-order chi connectivity index (χ1) is 14.5. The summed E-state index contributed by atoms with van der Waals surface area (Å²) in [5, 5.41) is 7.47. The fourth-order valence-electron chi connectivity index (χ4n) is 3.87. The minimum atomic E-state index is -0.102. The number of nitrogens with zero attached hydrogens (tertiary/aromatic N) is 3. The van der Waals surface area contributed by atoms with Crippen LogP contribution < -0.4 is 10.6 Å². The molecule has 2 N–H and O–H groups in total. The Kier molecular flexibility index (Phi) is 9.98. The van der Waals surface area contributed by atoms with Crippen molar-refractivity contribution in [2.24, 2.45) is 5.92 Å². The van der Waals surface area contributed by atoms with Crippen LogP contribution in [0.4, 0.5) is 5.95 Å². The molecule has 32 heavy (non-hydrogen) atoms. The molecule has 1 fully saturated rings. The molecule has 1 aliphatic rings. The van der Waals surface area contributed by atoms with Crippen LogP contribution in [-0.4, -0.2) is 54.5 Å². The third-order valence-electron chi connectivity index (χ3n) is 5.68. The SMILES string of the molecule is CNC(=O)c1cccc2sc(-c3nc(NCCC4CCN(C)CC4)ncc3Cl)cc12.Cl.Cl. The van der Waals surface area contributed by atoms with E-state index in [1.807, 2.05) is 24.3 Å². The number of carbonyl (C=O) groups excluding carboxylic acids is 1. The molecule has 4 rings (SSSR count). The molecular formula is C22H28Cl3N5OS. The van der Waals surface area contributed by atoms with Crippen molar-refractivity contribution in [3.63, 3.8) is 0 Å². The van der Waals surface area contributed by atoms with Gasteiger partial charge in [-0.25, -0.2) is 9.97 Å². The predicted molar refractivity (Wildman–Crippen MR) is 139 cm³/mol. The molecule has 0 aliphatic carbocycles. The topological polar surface area (TPSA) is 70.2 Å². The predicted octanol–water partition coefficient (Wildman–Crippen LogP) is 5.36. The number of piperidine rings is 1. The zero-order valence-corrected chi connectivity index (χ0v) is 21.3. The lowest BCUT2D eigenvalue weighted by molar-refractivity contribution is 0.0965. The van der Waals surface area contributed by atoms with E-state index in [4.69, 9.17) is 11.6 Å². The van der Waals surface area contributed by atoms with Gasteiger partial charge in [-0.2, -0.15) is 0 Å². The molecule has 0 saturated carbocycles. The summed E-state index contributed by atoms with van der Waals surface area (Å²) < 4.78 is 1.03. The second-order valence-corrected chi connectivity index (χ2v) is 9.25. The van der Waals surface area contributed by atoms with Crippen molar-refractivity contribution in [3.05, 3.63) is 41.0 Å². The molecule has 1 amide bonds. The first-order valence-corrected chi connectivity index (χ1v) is 11.4. The summed E-state index contributed by atoms with van der Waals surface area (Å²) in [4.78, 5) is 24.5. The molecular weight excluding hydrogens is 489 g/mol. The van der Waals surface area contributed by atoms with Gasteiger partial charge < -0.3 is 15.5 Å². The number of likely N-dealkylation sites (tertiary alicyclic amines) is 1. The van der Waals surface area contributed by atoms with Gasteiger partial charge in [0.05, 0.1) is 16.1 Å². The molecule has 10 heteroatoms. The van der Waals surface area contributed by atoms with Crippen molar-refractivity contribution in [1.29, 1.82) is 0 Å². The van der Waals surface area contributed by atoms with E-state index in [9.17, 15) is 4.79 Å². The van der Waals surface area contributed by atoms with Gasteiger partial charge in [0, 0.05) is 29.2 Å². The van der Waals surface area contributed by atoms with E-state index in [1.165, 1.54) is 25.9 Å². The Labute approximate surface area is 210 Å². The highest BCUT2D eigenvalue weighted by atomic mass is 35.5. The van der Waals surface area contributed by atoms with Crippen LogP contribution in [-0.2, 0) is 0 Å². The van der Waals surface area contributed by atoms with Crippen LogP contribution in [0, 0.1) is 5.92 Å². The molecule has 174 valence electrons. The Morgan fingerprint density at radius 3 is 2.75 bits per heavy atom. The Morgan fingerprint density at radius 1 is 1.28 bits per heavy atom. The van der Waals surface area contributed by atoms with Crippen molar-refractivity contribution in [2.45, 2.75) is 19.3 Å². The number of halogens is 3. The van der Waals surface area contributed by atoms with Gasteiger partial charge in [0.15, 0.2) is 0 Å². The normalized spacial score (nSPS) is 14.5. The highest BCUT2D eigenvalue weighted by Crippen LogP contribution is 2.37. The van der Waals surface area contributed by atoms with E-state index in [-0.39, 0.29) is 30.7 Å². The van der Waals surface area contributed by atoms with E-state index in [1.54, 1.807) is 24.6 Å². The molecule has 3 aromatic rings. The van der Waals surface area contributed by atoms with Crippen LogP contribution >= 0.6 is 47.8 Å². The van der Waals surface area contributed by atoms with Crippen LogP contribution in [0.5, 0.6) is 0 Å². The lowest BCUT2D eigenvalue weighted by atomic mass is 9.94. The highest BCUT2D eigenvalue weighted by Gasteiger charge is 2.17. The number of hydrogen-bond acceptors (Lipinski definition) is 6. The van der Waals surface area contributed by atoms with Gasteiger partial charge in [0.2, 0.25) is 5.95 Å². The maximum atomic E-state index is 12.2. The minimum Gasteiger partial charge on any atom is -0.355 e. The number of hydrogen-bond donors (Lipinski definition) is 2. The van der Waals surface area contributed by atoms with Crippen LogP contribution in [0.25, 0.3) is 20.7 Å². The van der Waals surface area contributed by atoms with Gasteiger partial charge in [-0.05, 0) is 63.5 Å². The van der Waals surface area contributed by atoms with Gasteiger partial charge in [0.25, 0.3) is 5.91 Å². The number of anilines is 1. The average Bonchev–Trinajstić information content (AvgIpc) is 3.20. The summed E-state index contributed by atoms with van der Waals surface area (Å²) in [6.45, 7) is 3.20. The number of amides is 1. The van der Waals surface area contributed by atoms with Gasteiger partial charge in [-0.1, -0.05) is 17.7 Å². The van der Waals surface area contributed by atoms with Crippen molar-refractivity contribution in [2.75, 3.05) is 39.0 Å². The van der Waals surface area contributed by atoms with E-state index in [2.05, 4.69) is 32.5 Å². The number of carbonyl (C=O) groups is 1. The zero-order chi connectivity index (χ0) is 21.1. The summed E-state index contributed by atoms with van der Waals surface area (Å²) in [5.74, 6) is 1.24. The van der Waals surface area contributed by atoms with Crippen LogP contribution in [0.3, 0.4) is 0 Å². The van der Waals surface area contributed by atoms with Crippen LogP contribution in [0.15, 0.2) is 30.5 Å². The van der Waals surface area contributed by atoms with Gasteiger partial charge in [-0.3, -0.25) is 4.79 Å². The van der Waals surface area contributed by atoms with Crippen LogP contribution in [0.1, 0.15) is 29.6 Å². The van der Waals surface area contributed by atoms with Gasteiger partial charge in [-0.15, -0.1) is 36.2 Å². The van der Waals surface area contributed by atoms with E-state index >= 15 is 0 Å². The first kappa shape index (κ1) is 26.6. The molecule has 2 aromatic heterocycles. The van der Waals surface area contributed by atoms with Gasteiger partial charge >= 0.3 is 0 Å². The van der Waals surface area contributed by atoms with Gasteiger partial charge in [0.1, 0.15) is 5.69 Å². The first-order valence-electron chi connectivity index (χ1n) is 10.2. The third kappa shape index (κ3) is 6.02. The standard InChI is InChI=1S/C22H26ClN5OS.2ClH/c1-24-21(29)15-4-3-5-18-16(15)12-19(30-18)20-17(23)13-26-22(27-20)25-9-6-14-7-10-28(2)11-8-14;;/h3-5,12-14H,6-11H2,1-2H3,(H,24,29)(H,25,26,27);2*1H. The number of rotatable bonds is 6. The third-order valence-corrected chi connectivity index (χ3v) is 7.07. The molecule has 1 saturated heterocycles. The Balaban J connectivity index is 0.00000181. The number of aromatic nitrogens is 2. The quantitative estimate of drug-likeness (QED) is 0.462. The van der Waals surface area contributed by atoms with Crippen molar-refractivity contribution in [1.82, 2.24) is 20.2 Å². The number of fused-ring (bicyclic) bond motifs is 1. The maximum Gasteiger partial charge on any atom is 0.251 e. The molecule has 0 unspecified atom stereocenters. The smallest absolute Gasteiger partial charge is 0.251 e. The van der Waals surface area contributed by atoms with E-state index in [0.717, 1.165) is 33.8 Å². The highest BCUT2D eigenvalue weighted by molar-refractivity contribution is 7.22. The fraction of sp³-hybridized carbons (Fsp3) is 0.409. The molecule has 6 nitrogen and oxygen atoms in total.